The van der Waals surface area contributed by atoms with Gasteiger partial charge in [-0.15, -0.1) is 0 Å². The summed E-state index contributed by atoms with van der Waals surface area (Å²) < 4.78 is 0. The molecule has 1 atom stereocenters. The Labute approximate surface area is 109 Å². The Balaban J connectivity index is 2.01. The second-order valence-corrected chi connectivity index (χ2v) is 4.98. The summed E-state index contributed by atoms with van der Waals surface area (Å²) in [6, 6.07) is 0. The van der Waals surface area contributed by atoms with Gasteiger partial charge in [-0.25, -0.2) is 0 Å². The highest BCUT2D eigenvalue weighted by molar-refractivity contribution is 6.05. The van der Waals surface area contributed by atoms with Crippen LogP contribution in [0.4, 0.5) is 5.82 Å². The van der Waals surface area contributed by atoms with Crippen LogP contribution in [-0.2, 0) is 0 Å². The first kappa shape index (κ1) is 13.1. The number of hydrogen-bond acceptors (Lipinski definition) is 3. The van der Waals surface area contributed by atoms with Crippen LogP contribution in [0.2, 0.25) is 0 Å². The van der Waals surface area contributed by atoms with E-state index in [1.54, 1.807) is 0 Å². The lowest BCUT2D eigenvalue weighted by Crippen LogP contribution is -2.34. The van der Waals surface area contributed by atoms with E-state index in [2.05, 4.69) is 29.0 Å². The fourth-order valence-electron chi connectivity index (χ4n) is 2.61. The van der Waals surface area contributed by atoms with Crippen molar-refractivity contribution in [3.63, 3.8) is 0 Å². The van der Waals surface area contributed by atoms with Crippen LogP contribution < -0.4 is 5.32 Å². The molecule has 2 rings (SSSR count). The average Bonchev–Trinajstić information content (AvgIpc) is 2.75. The molecule has 4 nitrogen and oxygen atoms in total. The maximum absolute atomic E-state index is 12.4. The van der Waals surface area contributed by atoms with Crippen molar-refractivity contribution in [3.05, 3.63) is 17.3 Å². The second-order valence-electron chi connectivity index (χ2n) is 4.98. The van der Waals surface area contributed by atoms with Crippen LogP contribution in [0.5, 0.6) is 0 Å². The van der Waals surface area contributed by atoms with E-state index in [4.69, 9.17) is 0 Å². The van der Waals surface area contributed by atoms with Crippen LogP contribution in [-0.4, -0.2) is 41.8 Å². The molecule has 1 aliphatic heterocycles. The van der Waals surface area contributed by atoms with Gasteiger partial charge in [-0.05, 0) is 38.5 Å². The fraction of sp³-hybridized carbons (Fsp3) is 0.643. The molecule has 18 heavy (non-hydrogen) atoms. The van der Waals surface area contributed by atoms with Gasteiger partial charge < -0.3 is 15.2 Å². The van der Waals surface area contributed by atoms with E-state index in [1.807, 2.05) is 13.1 Å². The topological polar surface area (TPSA) is 48.1 Å². The molecule has 100 valence electrons. The standard InChI is InChI=1S/C14H23N3O/c1-4-17(5-2)7-6-11-9-16-14-12(13(11)18)10(3)8-15-14/h8,11,15-16H,4-7,9H2,1-3H3. The number of carbonyl (C=O) groups is 1. The number of ketones is 1. The SMILES string of the molecule is CCN(CC)CCC1CNc2[nH]cc(C)c2C1=O. The molecule has 4 heteroatoms. The zero-order valence-corrected chi connectivity index (χ0v) is 11.5. The predicted octanol–water partition coefficient (Wildman–Crippen LogP) is 2.28. The molecular formula is C14H23N3O. The van der Waals surface area contributed by atoms with Gasteiger partial charge in [0.05, 0.1) is 5.56 Å². The van der Waals surface area contributed by atoms with E-state index in [0.29, 0.717) is 5.78 Å². The van der Waals surface area contributed by atoms with Crippen LogP contribution in [0.1, 0.15) is 36.2 Å². The molecule has 1 unspecified atom stereocenters. The third-order valence-corrected chi connectivity index (χ3v) is 3.91. The number of nitrogens with zero attached hydrogens (tertiary/aromatic N) is 1. The van der Waals surface area contributed by atoms with E-state index in [0.717, 1.165) is 49.5 Å². The average molecular weight is 249 g/mol. The summed E-state index contributed by atoms with van der Waals surface area (Å²) >= 11 is 0. The summed E-state index contributed by atoms with van der Waals surface area (Å²) in [6.45, 7) is 10.2. The maximum Gasteiger partial charge on any atom is 0.171 e. The summed E-state index contributed by atoms with van der Waals surface area (Å²) in [5.41, 5.74) is 1.92. The highest BCUT2D eigenvalue weighted by Gasteiger charge is 2.29. The maximum atomic E-state index is 12.4. The molecular weight excluding hydrogens is 226 g/mol. The lowest BCUT2D eigenvalue weighted by atomic mass is 9.90. The van der Waals surface area contributed by atoms with Crippen molar-refractivity contribution in [2.75, 3.05) is 31.5 Å². The minimum atomic E-state index is 0.118. The Hall–Kier alpha value is -1.29. The van der Waals surface area contributed by atoms with E-state index in [1.165, 1.54) is 0 Å². The number of aromatic amines is 1. The van der Waals surface area contributed by atoms with Crippen molar-refractivity contribution in [2.24, 2.45) is 5.92 Å². The van der Waals surface area contributed by atoms with Crippen LogP contribution in [0.15, 0.2) is 6.20 Å². The quantitative estimate of drug-likeness (QED) is 0.841. The van der Waals surface area contributed by atoms with Crippen LogP contribution in [0.3, 0.4) is 0 Å². The van der Waals surface area contributed by atoms with Crippen molar-refractivity contribution >= 4 is 11.6 Å². The molecule has 2 heterocycles. The number of aryl methyl sites for hydroxylation is 1. The molecule has 0 saturated heterocycles. The molecule has 1 aromatic heterocycles. The number of fused-ring (bicyclic) bond motifs is 1. The Kier molecular flexibility index (Phi) is 4.07. The molecule has 0 amide bonds. The van der Waals surface area contributed by atoms with Gasteiger partial charge >= 0.3 is 0 Å². The van der Waals surface area contributed by atoms with Gasteiger partial charge in [0.1, 0.15) is 5.82 Å². The first-order valence-corrected chi connectivity index (χ1v) is 6.85. The lowest BCUT2D eigenvalue weighted by molar-refractivity contribution is 0.0906. The molecule has 0 aliphatic carbocycles. The first-order valence-electron chi connectivity index (χ1n) is 6.85. The Morgan fingerprint density at radius 2 is 2.11 bits per heavy atom. The number of hydrogen-bond donors (Lipinski definition) is 2. The van der Waals surface area contributed by atoms with Crippen molar-refractivity contribution < 1.29 is 4.79 Å². The molecule has 0 saturated carbocycles. The zero-order chi connectivity index (χ0) is 13.1. The van der Waals surface area contributed by atoms with E-state index >= 15 is 0 Å². The fourth-order valence-corrected chi connectivity index (χ4v) is 2.61. The van der Waals surface area contributed by atoms with Gasteiger partial charge in [-0.1, -0.05) is 13.8 Å². The third kappa shape index (κ3) is 2.43. The number of carbonyl (C=O) groups excluding carboxylic acids is 1. The molecule has 0 bridgehead atoms. The van der Waals surface area contributed by atoms with Gasteiger partial charge in [-0.2, -0.15) is 0 Å². The van der Waals surface area contributed by atoms with Crippen molar-refractivity contribution in [1.82, 2.24) is 9.88 Å². The number of H-pyrrole nitrogens is 1. The second kappa shape index (κ2) is 5.57. The van der Waals surface area contributed by atoms with Crippen molar-refractivity contribution in [1.29, 1.82) is 0 Å². The van der Waals surface area contributed by atoms with Gasteiger partial charge in [-0.3, -0.25) is 4.79 Å². The van der Waals surface area contributed by atoms with Crippen molar-refractivity contribution in [3.8, 4) is 0 Å². The van der Waals surface area contributed by atoms with E-state index < -0.39 is 0 Å². The molecule has 1 aliphatic rings. The summed E-state index contributed by atoms with van der Waals surface area (Å²) in [4.78, 5) is 17.9. The predicted molar refractivity (Wildman–Crippen MR) is 74.2 cm³/mol. The zero-order valence-electron chi connectivity index (χ0n) is 11.5. The largest absolute Gasteiger partial charge is 0.370 e. The monoisotopic (exact) mass is 249 g/mol. The minimum absolute atomic E-state index is 0.118. The number of rotatable bonds is 5. The Morgan fingerprint density at radius 1 is 1.39 bits per heavy atom. The summed E-state index contributed by atoms with van der Waals surface area (Å²) in [6.07, 6.45) is 2.85. The van der Waals surface area contributed by atoms with E-state index in [9.17, 15) is 4.79 Å². The number of nitrogens with one attached hydrogen (secondary N) is 2. The van der Waals surface area contributed by atoms with Crippen LogP contribution in [0.25, 0.3) is 0 Å². The highest BCUT2D eigenvalue weighted by atomic mass is 16.1. The number of aromatic nitrogens is 1. The van der Waals surface area contributed by atoms with Crippen LogP contribution in [0, 0.1) is 12.8 Å². The Morgan fingerprint density at radius 3 is 2.78 bits per heavy atom. The molecule has 2 N–H and O–H groups in total. The van der Waals surface area contributed by atoms with Gasteiger partial charge in [0.25, 0.3) is 0 Å². The molecule has 0 aromatic carbocycles. The summed E-state index contributed by atoms with van der Waals surface area (Å²) in [5, 5.41) is 3.33. The minimum Gasteiger partial charge on any atom is -0.370 e. The number of anilines is 1. The summed E-state index contributed by atoms with van der Waals surface area (Å²) in [5.74, 6) is 1.32. The van der Waals surface area contributed by atoms with Gasteiger partial charge in [0, 0.05) is 18.7 Å². The molecule has 0 radical (unpaired) electrons. The van der Waals surface area contributed by atoms with Crippen molar-refractivity contribution in [2.45, 2.75) is 27.2 Å². The smallest absolute Gasteiger partial charge is 0.171 e. The summed E-state index contributed by atoms with van der Waals surface area (Å²) in [7, 11) is 0. The van der Waals surface area contributed by atoms with Gasteiger partial charge in [0.2, 0.25) is 0 Å². The third-order valence-electron chi connectivity index (χ3n) is 3.91. The highest BCUT2D eigenvalue weighted by Crippen LogP contribution is 2.28. The van der Waals surface area contributed by atoms with E-state index in [-0.39, 0.29) is 5.92 Å². The number of Topliss-reactive ketones (excluding diaryl/α,β-unsaturated/α-hetero) is 1. The Bertz CT molecular complexity index is 421. The first-order chi connectivity index (χ1) is 8.67. The molecule has 1 aromatic rings. The molecule has 0 fully saturated rings. The molecule has 0 spiro atoms. The normalized spacial score (nSPS) is 18.9. The van der Waals surface area contributed by atoms with Crippen LogP contribution >= 0.6 is 0 Å². The lowest BCUT2D eigenvalue weighted by Gasteiger charge is -2.26. The van der Waals surface area contributed by atoms with Gasteiger partial charge in [0.15, 0.2) is 5.78 Å².